The summed E-state index contributed by atoms with van der Waals surface area (Å²) in [6.45, 7) is 5.96. The third-order valence-corrected chi connectivity index (χ3v) is 4.75. The summed E-state index contributed by atoms with van der Waals surface area (Å²) >= 11 is 6.54. The molecular formula is C21H21ClN6O. The van der Waals surface area contributed by atoms with Crippen molar-refractivity contribution in [2.45, 2.75) is 27.2 Å². The van der Waals surface area contributed by atoms with Crippen LogP contribution in [0.4, 0.5) is 11.6 Å². The Balaban J connectivity index is 1.63. The molecule has 0 aliphatic rings. The van der Waals surface area contributed by atoms with Crippen LogP contribution in [-0.2, 0) is 6.42 Å². The van der Waals surface area contributed by atoms with Crippen molar-refractivity contribution >= 4 is 40.2 Å². The van der Waals surface area contributed by atoms with Crippen molar-refractivity contribution in [3.63, 3.8) is 0 Å². The van der Waals surface area contributed by atoms with Crippen LogP contribution in [-0.4, -0.2) is 25.1 Å². The highest BCUT2D eigenvalue weighted by molar-refractivity contribution is 6.37. The number of aryl methyl sites for hydroxylation is 2. The quantitative estimate of drug-likeness (QED) is 0.376. The molecule has 0 unspecified atom stereocenters. The molecule has 0 radical (unpaired) electrons. The summed E-state index contributed by atoms with van der Waals surface area (Å²) in [5.41, 5.74) is 3.74. The molecule has 3 aromatic heterocycles. The number of nitrogens with one attached hydrogen (secondary N) is 3. The predicted molar refractivity (Wildman–Crippen MR) is 116 cm³/mol. The van der Waals surface area contributed by atoms with Crippen molar-refractivity contribution in [2.24, 2.45) is 0 Å². The Morgan fingerprint density at radius 3 is 2.83 bits per heavy atom. The lowest BCUT2D eigenvalue weighted by atomic mass is 10.2. The Kier molecular flexibility index (Phi) is 5.22. The van der Waals surface area contributed by atoms with Gasteiger partial charge in [0.15, 0.2) is 5.82 Å². The average Bonchev–Trinajstić information content (AvgIpc) is 3.30. The fraction of sp³-hybridized carbons (Fsp3) is 0.190. The second-order valence-electron chi connectivity index (χ2n) is 6.61. The van der Waals surface area contributed by atoms with Gasteiger partial charge in [0.2, 0.25) is 0 Å². The summed E-state index contributed by atoms with van der Waals surface area (Å²) < 4.78 is 5.94. The van der Waals surface area contributed by atoms with Crippen molar-refractivity contribution in [1.29, 1.82) is 0 Å². The molecule has 0 amide bonds. The van der Waals surface area contributed by atoms with Gasteiger partial charge in [0.1, 0.15) is 11.6 Å². The smallest absolute Gasteiger partial charge is 0.324 e. The standard InChI is InChI=1S/C21H21ClN6O/c1-4-6-14-11-19(28-27-14)25-18-10-13(5-2)24-21(26-18)29-17-8-7-16-15(20(17)22)9-12(3)23-16/h4,6-11,23H,5H2,1-3H3,(H2,24,25,26,27,28)/b6-4+. The van der Waals surface area contributed by atoms with Crippen LogP contribution in [0.25, 0.3) is 17.0 Å². The van der Waals surface area contributed by atoms with Gasteiger partial charge in [0.25, 0.3) is 0 Å². The third-order valence-electron chi connectivity index (χ3n) is 4.36. The fourth-order valence-electron chi connectivity index (χ4n) is 3.03. The summed E-state index contributed by atoms with van der Waals surface area (Å²) in [5.74, 6) is 1.76. The second kappa shape index (κ2) is 7.97. The minimum atomic E-state index is 0.226. The molecular weight excluding hydrogens is 388 g/mol. The Morgan fingerprint density at radius 2 is 2.03 bits per heavy atom. The van der Waals surface area contributed by atoms with Gasteiger partial charge in [0, 0.05) is 34.4 Å². The van der Waals surface area contributed by atoms with Gasteiger partial charge in [-0.05, 0) is 44.5 Å². The minimum absolute atomic E-state index is 0.226. The van der Waals surface area contributed by atoms with Crippen LogP contribution in [0, 0.1) is 6.92 Å². The molecule has 29 heavy (non-hydrogen) atoms. The molecule has 7 nitrogen and oxygen atoms in total. The van der Waals surface area contributed by atoms with Crippen LogP contribution in [0.1, 0.15) is 30.9 Å². The van der Waals surface area contributed by atoms with Crippen molar-refractivity contribution in [1.82, 2.24) is 25.1 Å². The van der Waals surface area contributed by atoms with E-state index in [1.54, 1.807) is 0 Å². The summed E-state index contributed by atoms with van der Waals surface area (Å²) in [6.07, 6.45) is 4.61. The number of anilines is 2. The van der Waals surface area contributed by atoms with E-state index in [9.17, 15) is 0 Å². The monoisotopic (exact) mass is 408 g/mol. The van der Waals surface area contributed by atoms with E-state index in [1.807, 2.05) is 63.3 Å². The van der Waals surface area contributed by atoms with E-state index in [0.717, 1.165) is 34.4 Å². The van der Waals surface area contributed by atoms with Gasteiger partial charge in [-0.15, -0.1) is 0 Å². The molecule has 4 rings (SSSR count). The van der Waals surface area contributed by atoms with Crippen LogP contribution >= 0.6 is 11.6 Å². The Morgan fingerprint density at radius 1 is 1.17 bits per heavy atom. The molecule has 0 saturated heterocycles. The van der Waals surface area contributed by atoms with Crippen LogP contribution in [0.5, 0.6) is 11.8 Å². The zero-order chi connectivity index (χ0) is 20.4. The topological polar surface area (TPSA) is 91.5 Å². The molecule has 0 aliphatic carbocycles. The zero-order valence-electron chi connectivity index (χ0n) is 16.4. The molecule has 0 spiro atoms. The Labute approximate surface area is 173 Å². The van der Waals surface area contributed by atoms with E-state index in [1.165, 1.54) is 0 Å². The summed E-state index contributed by atoms with van der Waals surface area (Å²) in [6, 6.07) is 9.72. The number of halogens is 1. The molecule has 0 bridgehead atoms. The first kappa shape index (κ1) is 19.0. The van der Waals surface area contributed by atoms with Gasteiger partial charge in [-0.25, -0.2) is 0 Å². The van der Waals surface area contributed by atoms with E-state index in [4.69, 9.17) is 16.3 Å². The SMILES string of the molecule is C/C=C/c1cc(Nc2cc(CC)nc(Oc3ccc4[nH]c(C)cc4c3Cl)n2)n[nH]1. The first-order valence-corrected chi connectivity index (χ1v) is 9.72. The van der Waals surface area contributed by atoms with E-state index in [2.05, 4.69) is 30.5 Å². The maximum Gasteiger partial charge on any atom is 0.324 e. The molecule has 148 valence electrons. The number of hydrogen-bond donors (Lipinski definition) is 3. The summed E-state index contributed by atoms with van der Waals surface area (Å²) in [5, 5.41) is 11.8. The van der Waals surface area contributed by atoms with E-state index in [0.29, 0.717) is 22.4 Å². The number of benzene rings is 1. The molecule has 3 N–H and O–H groups in total. The Hall–Kier alpha value is -3.32. The fourth-order valence-corrected chi connectivity index (χ4v) is 3.28. The van der Waals surface area contributed by atoms with E-state index in [-0.39, 0.29) is 6.01 Å². The van der Waals surface area contributed by atoms with Crippen molar-refractivity contribution in [3.8, 4) is 11.8 Å². The Bertz CT molecular complexity index is 1190. The lowest BCUT2D eigenvalue weighted by molar-refractivity contribution is 0.441. The largest absolute Gasteiger partial charge is 0.423 e. The number of aromatic amines is 2. The average molecular weight is 409 g/mol. The number of ether oxygens (including phenoxy) is 1. The summed E-state index contributed by atoms with van der Waals surface area (Å²) in [7, 11) is 0. The van der Waals surface area contributed by atoms with Gasteiger partial charge >= 0.3 is 6.01 Å². The third kappa shape index (κ3) is 4.09. The van der Waals surface area contributed by atoms with Crippen LogP contribution in [0.2, 0.25) is 5.02 Å². The first-order valence-electron chi connectivity index (χ1n) is 9.34. The van der Waals surface area contributed by atoms with Crippen LogP contribution in [0.15, 0.2) is 36.4 Å². The maximum atomic E-state index is 6.54. The number of rotatable bonds is 6. The molecule has 1 aromatic carbocycles. The van der Waals surface area contributed by atoms with Gasteiger partial charge in [-0.2, -0.15) is 15.1 Å². The number of H-pyrrole nitrogens is 2. The number of fused-ring (bicyclic) bond motifs is 1. The van der Waals surface area contributed by atoms with E-state index >= 15 is 0 Å². The van der Waals surface area contributed by atoms with Gasteiger partial charge in [-0.1, -0.05) is 24.6 Å². The van der Waals surface area contributed by atoms with Gasteiger partial charge in [0.05, 0.1) is 10.7 Å². The van der Waals surface area contributed by atoms with E-state index < -0.39 is 0 Å². The lowest BCUT2D eigenvalue weighted by Gasteiger charge is -2.10. The number of hydrogen-bond acceptors (Lipinski definition) is 5. The number of allylic oxidation sites excluding steroid dienone is 1. The second-order valence-corrected chi connectivity index (χ2v) is 6.99. The number of nitrogens with zero attached hydrogens (tertiary/aromatic N) is 3. The first-order chi connectivity index (χ1) is 14.1. The summed E-state index contributed by atoms with van der Waals surface area (Å²) in [4.78, 5) is 12.2. The molecule has 0 aliphatic heterocycles. The van der Waals surface area contributed by atoms with Crippen molar-refractivity contribution in [3.05, 3.63) is 58.5 Å². The molecule has 8 heteroatoms. The molecule has 3 heterocycles. The highest BCUT2D eigenvalue weighted by Gasteiger charge is 2.13. The van der Waals surface area contributed by atoms with Crippen LogP contribution < -0.4 is 10.1 Å². The number of aromatic nitrogens is 5. The zero-order valence-corrected chi connectivity index (χ0v) is 17.1. The highest BCUT2D eigenvalue weighted by atomic mass is 35.5. The minimum Gasteiger partial charge on any atom is -0.423 e. The van der Waals surface area contributed by atoms with Gasteiger partial charge in [-0.3, -0.25) is 5.10 Å². The lowest BCUT2D eigenvalue weighted by Crippen LogP contribution is -2.01. The molecule has 0 fully saturated rings. The molecule has 0 saturated carbocycles. The van der Waals surface area contributed by atoms with Crippen molar-refractivity contribution in [2.75, 3.05) is 5.32 Å². The molecule has 0 atom stereocenters. The predicted octanol–water partition coefficient (Wildman–Crippen LogP) is 5.77. The van der Waals surface area contributed by atoms with Gasteiger partial charge < -0.3 is 15.0 Å². The highest BCUT2D eigenvalue weighted by Crippen LogP contribution is 2.35. The van der Waals surface area contributed by atoms with Crippen LogP contribution in [0.3, 0.4) is 0 Å². The molecule has 4 aromatic rings. The maximum absolute atomic E-state index is 6.54. The normalized spacial score (nSPS) is 11.4. The van der Waals surface area contributed by atoms with Crippen molar-refractivity contribution < 1.29 is 4.74 Å².